The van der Waals surface area contributed by atoms with E-state index in [-0.39, 0.29) is 0 Å². The van der Waals surface area contributed by atoms with Gasteiger partial charge < -0.3 is 16.0 Å². The Morgan fingerprint density at radius 2 is 2.14 bits per heavy atom. The maximum atomic E-state index is 5.87. The third-order valence-corrected chi connectivity index (χ3v) is 2.08. The number of rotatable bonds is 2. The van der Waals surface area contributed by atoms with Gasteiger partial charge in [0.2, 0.25) is 0 Å². The Hall–Kier alpha value is -1.90. The first-order chi connectivity index (χ1) is 6.75. The summed E-state index contributed by atoms with van der Waals surface area (Å²) in [7, 11) is 0. The Balaban J connectivity index is 2.25. The minimum absolute atomic E-state index is 0.770. The molecule has 0 atom stereocenters. The van der Waals surface area contributed by atoms with E-state index in [1.807, 2.05) is 43.6 Å². The van der Waals surface area contributed by atoms with Crippen LogP contribution in [0.25, 0.3) is 0 Å². The average molecular weight is 187 g/mol. The van der Waals surface area contributed by atoms with Crippen LogP contribution in [0.2, 0.25) is 0 Å². The third kappa shape index (κ3) is 1.71. The Morgan fingerprint density at radius 3 is 2.79 bits per heavy atom. The lowest BCUT2D eigenvalue weighted by Gasteiger charge is -2.07. The molecule has 2 rings (SSSR count). The van der Waals surface area contributed by atoms with E-state index >= 15 is 0 Å². The fourth-order valence-corrected chi connectivity index (χ4v) is 1.35. The van der Waals surface area contributed by atoms with Crippen LogP contribution in [0.3, 0.4) is 0 Å². The first kappa shape index (κ1) is 8.69. The second-order valence-corrected chi connectivity index (χ2v) is 3.32. The number of anilines is 3. The fourth-order valence-electron chi connectivity index (χ4n) is 1.35. The van der Waals surface area contributed by atoms with Gasteiger partial charge in [-0.05, 0) is 30.7 Å². The lowest BCUT2D eigenvalue weighted by molar-refractivity contribution is 1.41. The quantitative estimate of drug-likeness (QED) is 0.633. The average Bonchev–Trinajstić information content (AvgIpc) is 2.62. The highest BCUT2D eigenvalue weighted by atomic mass is 14.9. The molecule has 0 aliphatic rings. The maximum absolute atomic E-state index is 5.87. The molecule has 0 spiro atoms. The molecule has 0 fully saturated rings. The molecule has 14 heavy (non-hydrogen) atoms. The van der Waals surface area contributed by atoms with Crippen LogP contribution in [-0.4, -0.2) is 4.98 Å². The summed E-state index contributed by atoms with van der Waals surface area (Å²) in [5.41, 5.74) is 9.76. The van der Waals surface area contributed by atoms with Crippen LogP contribution in [0.1, 0.15) is 5.56 Å². The van der Waals surface area contributed by atoms with Crippen molar-refractivity contribution in [2.45, 2.75) is 6.92 Å². The number of aromatic nitrogens is 1. The maximum Gasteiger partial charge on any atom is 0.0618 e. The Morgan fingerprint density at radius 1 is 1.29 bits per heavy atom. The molecule has 1 aromatic heterocycles. The molecule has 72 valence electrons. The zero-order chi connectivity index (χ0) is 9.97. The monoisotopic (exact) mass is 187 g/mol. The third-order valence-electron chi connectivity index (χ3n) is 2.08. The summed E-state index contributed by atoms with van der Waals surface area (Å²) in [6, 6.07) is 7.93. The van der Waals surface area contributed by atoms with Gasteiger partial charge in [-0.15, -0.1) is 0 Å². The molecular weight excluding hydrogens is 174 g/mol. The molecule has 4 N–H and O–H groups in total. The molecular formula is C11H13N3. The number of H-pyrrole nitrogens is 1. The van der Waals surface area contributed by atoms with Crippen molar-refractivity contribution in [2.24, 2.45) is 0 Å². The number of aromatic amines is 1. The van der Waals surface area contributed by atoms with Crippen LogP contribution in [0.4, 0.5) is 17.1 Å². The number of aryl methyl sites for hydroxylation is 1. The van der Waals surface area contributed by atoms with Crippen LogP contribution in [0, 0.1) is 6.92 Å². The van der Waals surface area contributed by atoms with Gasteiger partial charge in [0.1, 0.15) is 0 Å². The first-order valence-corrected chi connectivity index (χ1v) is 4.51. The van der Waals surface area contributed by atoms with E-state index in [4.69, 9.17) is 5.73 Å². The molecule has 0 aliphatic heterocycles. The summed E-state index contributed by atoms with van der Waals surface area (Å²) in [6.07, 6.45) is 3.76. The van der Waals surface area contributed by atoms with Crippen molar-refractivity contribution >= 4 is 17.1 Å². The molecule has 0 amide bonds. The number of nitrogens with two attached hydrogens (primary N) is 1. The summed E-state index contributed by atoms with van der Waals surface area (Å²) < 4.78 is 0. The zero-order valence-corrected chi connectivity index (χ0v) is 8.04. The van der Waals surface area contributed by atoms with Crippen molar-refractivity contribution in [1.29, 1.82) is 0 Å². The minimum Gasteiger partial charge on any atom is -0.397 e. The van der Waals surface area contributed by atoms with E-state index in [0.29, 0.717) is 0 Å². The zero-order valence-electron chi connectivity index (χ0n) is 8.04. The van der Waals surface area contributed by atoms with E-state index in [9.17, 15) is 0 Å². The standard InChI is InChI=1S/C11H13N3/c1-8-2-3-11(10(12)6-8)14-9-4-5-13-7-9/h2-7,13-14H,12H2,1H3. The van der Waals surface area contributed by atoms with Gasteiger partial charge in [-0.1, -0.05) is 6.07 Å². The highest BCUT2D eigenvalue weighted by molar-refractivity contribution is 5.72. The summed E-state index contributed by atoms with van der Waals surface area (Å²) in [5, 5.41) is 3.22. The fraction of sp³-hybridized carbons (Fsp3) is 0.0909. The van der Waals surface area contributed by atoms with Crippen molar-refractivity contribution in [3.05, 3.63) is 42.2 Å². The van der Waals surface area contributed by atoms with Gasteiger partial charge in [0.25, 0.3) is 0 Å². The van der Waals surface area contributed by atoms with Gasteiger partial charge in [0.05, 0.1) is 17.1 Å². The summed E-state index contributed by atoms with van der Waals surface area (Å²) >= 11 is 0. The normalized spacial score (nSPS) is 10.1. The van der Waals surface area contributed by atoms with Crippen LogP contribution in [-0.2, 0) is 0 Å². The van der Waals surface area contributed by atoms with E-state index in [1.54, 1.807) is 0 Å². The second-order valence-electron chi connectivity index (χ2n) is 3.32. The molecule has 1 heterocycles. The van der Waals surface area contributed by atoms with Gasteiger partial charge in [-0.25, -0.2) is 0 Å². The van der Waals surface area contributed by atoms with Crippen molar-refractivity contribution in [2.75, 3.05) is 11.1 Å². The van der Waals surface area contributed by atoms with Crippen molar-refractivity contribution in [1.82, 2.24) is 4.98 Å². The van der Waals surface area contributed by atoms with Crippen molar-refractivity contribution < 1.29 is 0 Å². The summed E-state index contributed by atoms with van der Waals surface area (Å²) in [4.78, 5) is 2.98. The van der Waals surface area contributed by atoms with Gasteiger partial charge in [0.15, 0.2) is 0 Å². The number of nitrogen functional groups attached to an aromatic ring is 1. The highest BCUT2D eigenvalue weighted by Crippen LogP contribution is 2.23. The van der Waals surface area contributed by atoms with Crippen LogP contribution in [0.5, 0.6) is 0 Å². The van der Waals surface area contributed by atoms with Crippen LogP contribution in [0.15, 0.2) is 36.7 Å². The van der Waals surface area contributed by atoms with Gasteiger partial charge in [-0.3, -0.25) is 0 Å². The topological polar surface area (TPSA) is 53.8 Å². The number of hydrogen-bond donors (Lipinski definition) is 3. The molecule has 1 aromatic carbocycles. The predicted octanol–water partition coefficient (Wildman–Crippen LogP) is 2.65. The van der Waals surface area contributed by atoms with E-state index in [1.165, 1.54) is 5.56 Å². The van der Waals surface area contributed by atoms with Gasteiger partial charge in [0, 0.05) is 12.4 Å². The summed E-state index contributed by atoms with van der Waals surface area (Å²) in [5.74, 6) is 0. The predicted molar refractivity (Wildman–Crippen MR) is 59.7 cm³/mol. The molecule has 0 saturated heterocycles. The van der Waals surface area contributed by atoms with Crippen molar-refractivity contribution in [3.8, 4) is 0 Å². The Bertz CT molecular complexity index is 418. The molecule has 3 heteroatoms. The molecule has 0 aliphatic carbocycles. The largest absolute Gasteiger partial charge is 0.397 e. The van der Waals surface area contributed by atoms with E-state index in [2.05, 4.69) is 10.3 Å². The molecule has 0 unspecified atom stereocenters. The van der Waals surface area contributed by atoms with E-state index < -0.39 is 0 Å². The minimum atomic E-state index is 0.770. The number of nitrogens with one attached hydrogen (secondary N) is 2. The molecule has 2 aromatic rings. The smallest absolute Gasteiger partial charge is 0.0618 e. The van der Waals surface area contributed by atoms with Crippen LogP contribution >= 0.6 is 0 Å². The van der Waals surface area contributed by atoms with Crippen molar-refractivity contribution in [3.63, 3.8) is 0 Å². The SMILES string of the molecule is Cc1ccc(Nc2cc[nH]c2)c(N)c1. The van der Waals surface area contributed by atoms with Crippen LogP contribution < -0.4 is 11.1 Å². The Labute approximate surface area is 83.0 Å². The second kappa shape index (κ2) is 3.46. The van der Waals surface area contributed by atoms with Gasteiger partial charge >= 0.3 is 0 Å². The number of hydrogen-bond acceptors (Lipinski definition) is 2. The first-order valence-electron chi connectivity index (χ1n) is 4.51. The number of benzene rings is 1. The molecule has 0 saturated carbocycles. The van der Waals surface area contributed by atoms with Gasteiger partial charge in [-0.2, -0.15) is 0 Å². The summed E-state index contributed by atoms with van der Waals surface area (Å²) in [6.45, 7) is 2.02. The lowest BCUT2D eigenvalue weighted by Crippen LogP contribution is -1.95. The molecule has 0 bridgehead atoms. The van der Waals surface area contributed by atoms with E-state index in [0.717, 1.165) is 17.1 Å². The highest BCUT2D eigenvalue weighted by Gasteiger charge is 1.99. The Kier molecular flexibility index (Phi) is 2.14. The molecule has 3 nitrogen and oxygen atoms in total. The lowest BCUT2D eigenvalue weighted by atomic mass is 10.2. The molecule has 0 radical (unpaired) electrons.